The Hall–Kier alpha value is -0.330. The number of benzene rings is 1. The lowest BCUT2D eigenvalue weighted by molar-refractivity contribution is 0.0126. The van der Waals surface area contributed by atoms with Crippen LogP contribution < -0.4 is 0 Å². The van der Waals surface area contributed by atoms with Crippen LogP contribution in [-0.4, -0.2) is 36.5 Å². The highest BCUT2D eigenvalue weighted by molar-refractivity contribution is 7.89. The van der Waals surface area contributed by atoms with Crippen LogP contribution >= 0.6 is 23.2 Å². The third-order valence-corrected chi connectivity index (χ3v) is 5.93. The van der Waals surface area contributed by atoms with E-state index in [4.69, 9.17) is 23.2 Å². The molecular formula is C12H15Cl2NO3S. The monoisotopic (exact) mass is 323 g/mol. The van der Waals surface area contributed by atoms with Gasteiger partial charge in [0, 0.05) is 18.1 Å². The average molecular weight is 324 g/mol. The van der Waals surface area contributed by atoms with E-state index in [1.165, 1.54) is 16.4 Å². The molecule has 4 nitrogen and oxygen atoms in total. The van der Waals surface area contributed by atoms with Crippen molar-refractivity contribution in [2.75, 3.05) is 13.1 Å². The molecule has 1 heterocycles. The molecule has 1 aromatic carbocycles. The van der Waals surface area contributed by atoms with Crippen LogP contribution in [0.3, 0.4) is 0 Å². The Labute approximate surface area is 123 Å². The fraction of sp³-hybridized carbons (Fsp3) is 0.500. The first-order chi connectivity index (χ1) is 8.72. The average Bonchev–Trinajstić information content (AvgIpc) is 2.31. The van der Waals surface area contributed by atoms with Crippen molar-refractivity contribution in [2.45, 2.75) is 30.3 Å². The first-order valence-corrected chi connectivity index (χ1v) is 8.10. The van der Waals surface area contributed by atoms with Gasteiger partial charge < -0.3 is 5.11 Å². The zero-order valence-corrected chi connectivity index (χ0v) is 12.8. The Morgan fingerprint density at radius 2 is 1.84 bits per heavy atom. The minimum absolute atomic E-state index is 0.0169. The molecule has 0 atom stereocenters. The Kier molecular flexibility index (Phi) is 4.14. The van der Waals surface area contributed by atoms with Gasteiger partial charge in [-0.15, -0.1) is 0 Å². The third kappa shape index (κ3) is 3.23. The number of nitrogens with zero attached hydrogens (tertiary/aromatic N) is 1. The van der Waals surface area contributed by atoms with Gasteiger partial charge in [-0.1, -0.05) is 23.2 Å². The Morgan fingerprint density at radius 3 is 2.42 bits per heavy atom. The van der Waals surface area contributed by atoms with E-state index in [0.29, 0.717) is 17.9 Å². The van der Waals surface area contributed by atoms with Gasteiger partial charge in [-0.05, 0) is 38.0 Å². The second-order valence-electron chi connectivity index (χ2n) is 4.98. The highest BCUT2D eigenvalue weighted by Crippen LogP contribution is 2.31. The van der Waals surface area contributed by atoms with E-state index < -0.39 is 15.6 Å². The quantitative estimate of drug-likeness (QED) is 0.909. The summed E-state index contributed by atoms with van der Waals surface area (Å²) >= 11 is 11.8. The Bertz CT molecular complexity index is 577. The highest BCUT2D eigenvalue weighted by Gasteiger charge is 2.34. The van der Waals surface area contributed by atoms with Crippen LogP contribution in [0.1, 0.15) is 19.8 Å². The topological polar surface area (TPSA) is 57.6 Å². The third-order valence-electron chi connectivity index (χ3n) is 3.31. The van der Waals surface area contributed by atoms with Gasteiger partial charge in [-0.2, -0.15) is 4.31 Å². The minimum atomic E-state index is -3.66. The summed E-state index contributed by atoms with van der Waals surface area (Å²) in [5, 5.41) is 10.3. The fourth-order valence-electron chi connectivity index (χ4n) is 2.02. The number of sulfonamides is 1. The number of hydrogen-bond donors (Lipinski definition) is 1. The normalized spacial score (nSPS) is 20.4. The molecule has 19 heavy (non-hydrogen) atoms. The van der Waals surface area contributed by atoms with E-state index in [1.807, 2.05) is 0 Å². The highest BCUT2D eigenvalue weighted by atomic mass is 35.5. The predicted molar refractivity (Wildman–Crippen MR) is 75.1 cm³/mol. The van der Waals surface area contributed by atoms with Gasteiger partial charge in [0.25, 0.3) is 0 Å². The van der Waals surface area contributed by atoms with E-state index in [9.17, 15) is 13.5 Å². The molecule has 0 unspecified atom stereocenters. The van der Waals surface area contributed by atoms with Crippen molar-refractivity contribution in [3.05, 3.63) is 28.2 Å². The lowest BCUT2D eigenvalue weighted by atomic mass is 9.95. The van der Waals surface area contributed by atoms with Crippen molar-refractivity contribution >= 4 is 33.2 Å². The summed E-state index contributed by atoms with van der Waals surface area (Å²) in [7, 11) is -3.66. The molecule has 0 radical (unpaired) electrons. The zero-order valence-electron chi connectivity index (χ0n) is 10.4. The molecule has 0 aliphatic carbocycles. The minimum Gasteiger partial charge on any atom is -0.390 e. The first-order valence-electron chi connectivity index (χ1n) is 5.90. The Morgan fingerprint density at radius 1 is 1.26 bits per heavy atom. The van der Waals surface area contributed by atoms with Gasteiger partial charge in [0.05, 0.1) is 10.6 Å². The molecule has 1 fully saturated rings. The van der Waals surface area contributed by atoms with Crippen LogP contribution in [0.5, 0.6) is 0 Å². The fourth-order valence-corrected chi connectivity index (χ4v) is 4.20. The summed E-state index contributed by atoms with van der Waals surface area (Å²) < 4.78 is 26.3. The van der Waals surface area contributed by atoms with E-state index in [-0.39, 0.29) is 23.0 Å². The second kappa shape index (κ2) is 5.22. The summed E-state index contributed by atoms with van der Waals surface area (Å²) in [5.41, 5.74) is -0.801. The van der Waals surface area contributed by atoms with Crippen molar-refractivity contribution in [1.82, 2.24) is 4.31 Å². The molecule has 1 aliphatic rings. The second-order valence-corrected chi connectivity index (χ2v) is 7.73. The maximum Gasteiger partial charge on any atom is 0.244 e. The summed E-state index contributed by atoms with van der Waals surface area (Å²) in [5.74, 6) is 0. The van der Waals surface area contributed by atoms with Crippen LogP contribution in [0, 0.1) is 0 Å². The van der Waals surface area contributed by atoms with Gasteiger partial charge in [0.2, 0.25) is 10.0 Å². The van der Waals surface area contributed by atoms with Crippen molar-refractivity contribution in [3.8, 4) is 0 Å². The summed E-state index contributed by atoms with van der Waals surface area (Å²) in [6.45, 7) is 2.26. The van der Waals surface area contributed by atoms with Crippen LogP contribution in [0.2, 0.25) is 10.0 Å². The first kappa shape index (κ1) is 15.1. The lowest BCUT2D eigenvalue weighted by Crippen LogP contribution is -2.45. The molecule has 1 N–H and O–H groups in total. The van der Waals surface area contributed by atoms with Gasteiger partial charge in [0.1, 0.15) is 4.90 Å². The maximum atomic E-state index is 12.5. The van der Waals surface area contributed by atoms with Crippen LogP contribution in [0.4, 0.5) is 0 Å². The van der Waals surface area contributed by atoms with Gasteiger partial charge in [-0.25, -0.2) is 8.42 Å². The van der Waals surface area contributed by atoms with Crippen LogP contribution in [0.25, 0.3) is 0 Å². The molecule has 0 spiro atoms. The molecule has 0 amide bonds. The number of halogens is 2. The lowest BCUT2D eigenvalue weighted by Gasteiger charge is -2.35. The molecule has 1 aliphatic heterocycles. The number of hydrogen-bond acceptors (Lipinski definition) is 3. The van der Waals surface area contributed by atoms with Gasteiger partial charge in [-0.3, -0.25) is 0 Å². The molecule has 0 saturated carbocycles. The van der Waals surface area contributed by atoms with E-state index in [1.54, 1.807) is 13.0 Å². The summed E-state index contributed by atoms with van der Waals surface area (Å²) in [6, 6.07) is 4.37. The van der Waals surface area contributed by atoms with E-state index >= 15 is 0 Å². The van der Waals surface area contributed by atoms with E-state index in [0.717, 1.165) is 0 Å². The van der Waals surface area contributed by atoms with Crippen molar-refractivity contribution in [1.29, 1.82) is 0 Å². The van der Waals surface area contributed by atoms with Gasteiger partial charge >= 0.3 is 0 Å². The molecule has 0 aromatic heterocycles. The number of piperidine rings is 1. The Balaban J connectivity index is 2.31. The largest absolute Gasteiger partial charge is 0.390 e. The number of aliphatic hydroxyl groups is 1. The van der Waals surface area contributed by atoms with Crippen molar-refractivity contribution in [2.24, 2.45) is 0 Å². The van der Waals surface area contributed by atoms with Gasteiger partial charge in [0.15, 0.2) is 0 Å². The maximum absolute atomic E-state index is 12.5. The smallest absolute Gasteiger partial charge is 0.244 e. The summed E-state index contributed by atoms with van der Waals surface area (Å²) in [4.78, 5) is 0.0169. The molecule has 1 saturated heterocycles. The van der Waals surface area contributed by atoms with Crippen LogP contribution in [0.15, 0.2) is 23.1 Å². The molecule has 7 heteroatoms. The van der Waals surface area contributed by atoms with Crippen molar-refractivity contribution < 1.29 is 13.5 Å². The molecule has 1 aromatic rings. The van der Waals surface area contributed by atoms with Crippen LogP contribution in [-0.2, 0) is 10.0 Å². The predicted octanol–water partition coefficient (Wildman–Crippen LogP) is 2.53. The molecule has 2 rings (SSSR count). The zero-order chi connectivity index (χ0) is 14.3. The number of rotatable bonds is 2. The standard InChI is InChI=1S/C12H15Cl2NO3S/c1-12(16)4-6-15(7-5-12)19(17,18)11-8-9(13)2-3-10(11)14/h2-3,8,16H,4-7H2,1H3. The SMILES string of the molecule is CC1(O)CCN(S(=O)(=O)c2cc(Cl)ccc2Cl)CC1. The summed E-state index contributed by atoms with van der Waals surface area (Å²) in [6.07, 6.45) is 0.814. The van der Waals surface area contributed by atoms with Crippen molar-refractivity contribution in [3.63, 3.8) is 0 Å². The van der Waals surface area contributed by atoms with E-state index in [2.05, 4.69) is 0 Å². The molecular weight excluding hydrogens is 309 g/mol. The molecule has 106 valence electrons. The molecule has 0 bridgehead atoms.